The first-order valence-electron chi connectivity index (χ1n) is 6.27. The van der Waals surface area contributed by atoms with Crippen molar-refractivity contribution >= 4 is 17.7 Å². The number of nitrogens with zero attached hydrogens (tertiary/aromatic N) is 2. The second-order valence-electron chi connectivity index (χ2n) is 4.33. The second kappa shape index (κ2) is 6.23. The summed E-state index contributed by atoms with van der Waals surface area (Å²) in [5, 5.41) is 12.2. The van der Waals surface area contributed by atoms with Crippen molar-refractivity contribution in [1.29, 1.82) is 0 Å². The van der Waals surface area contributed by atoms with Gasteiger partial charge in [-0.15, -0.1) is 0 Å². The van der Waals surface area contributed by atoms with Gasteiger partial charge in [-0.1, -0.05) is 18.7 Å². The number of H-pyrrole nitrogens is 1. The molecule has 0 aromatic carbocycles. The molecule has 0 bridgehead atoms. The maximum atomic E-state index is 11.7. The second-order valence-corrected chi connectivity index (χ2v) is 5.52. The van der Waals surface area contributed by atoms with Crippen LogP contribution in [-0.2, 0) is 9.53 Å². The van der Waals surface area contributed by atoms with Gasteiger partial charge < -0.3 is 9.84 Å². The van der Waals surface area contributed by atoms with Crippen LogP contribution in [0.1, 0.15) is 32.4 Å². The van der Waals surface area contributed by atoms with Crippen molar-refractivity contribution in [2.45, 2.75) is 42.7 Å². The van der Waals surface area contributed by atoms with E-state index in [2.05, 4.69) is 10.1 Å². The van der Waals surface area contributed by atoms with E-state index in [0.717, 1.165) is 22.9 Å². The van der Waals surface area contributed by atoms with E-state index in [-0.39, 0.29) is 5.03 Å². The summed E-state index contributed by atoms with van der Waals surface area (Å²) in [4.78, 5) is 36.6. The van der Waals surface area contributed by atoms with Gasteiger partial charge in [-0.2, -0.15) is 9.78 Å². The van der Waals surface area contributed by atoms with E-state index >= 15 is 0 Å². The molecule has 1 aromatic heterocycles. The summed E-state index contributed by atoms with van der Waals surface area (Å²) in [5.74, 6) is -1.02. The van der Waals surface area contributed by atoms with Crippen molar-refractivity contribution < 1.29 is 14.6 Å². The number of hydrogen-bond acceptors (Lipinski definition) is 6. The number of aromatic nitrogens is 3. The Hall–Kier alpha value is -1.61. The fourth-order valence-corrected chi connectivity index (χ4v) is 2.70. The molecule has 2 N–H and O–H groups in total. The Balaban J connectivity index is 2.33. The lowest BCUT2D eigenvalue weighted by atomic mass is 10.3. The molecule has 1 saturated heterocycles. The first kappa shape index (κ1) is 14.8. The van der Waals surface area contributed by atoms with Gasteiger partial charge in [0.05, 0.1) is 0 Å². The van der Waals surface area contributed by atoms with Crippen molar-refractivity contribution in [3.05, 3.63) is 20.8 Å². The molecular weight excluding hydrogens is 286 g/mol. The Bertz CT molecular complexity index is 605. The highest BCUT2D eigenvalue weighted by molar-refractivity contribution is 8.00. The third kappa shape index (κ3) is 3.10. The lowest BCUT2D eigenvalue weighted by Crippen LogP contribution is -2.36. The van der Waals surface area contributed by atoms with Crippen molar-refractivity contribution in [3.8, 4) is 0 Å². The minimum absolute atomic E-state index is 0.0330. The van der Waals surface area contributed by atoms with Crippen LogP contribution in [0.2, 0.25) is 0 Å². The Labute approximate surface area is 118 Å². The van der Waals surface area contributed by atoms with Gasteiger partial charge in [0.1, 0.15) is 5.25 Å². The summed E-state index contributed by atoms with van der Waals surface area (Å²) < 4.78 is 6.42. The third-order valence-corrected chi connectivity index (χ3v) is 4.21. The zero-order valence-electron chi connectivity index (χ0n) is 10.9. The van der Waals surface area contributed by atoms with Crippen LogP contribution in [0.15, 0.2) is 14.6 Å². The van der Waals surface area contributed by atoms with E-state index in [9.17, 15) is 14.4 Å². The van der Waals surface area contributed by atoms with Gasteiger partial charge >= 0.3 is 11.7 Å². The lowest BCUT2D eigenvalue weighted by Gasteiger charge is -2.13. The molecular formula is C11H15N3O5S. The van der Waals surface area contributed by atoms with Crippen molar-refractivity contribution in [3.63, 3.8) is 0 Å². The molecule has 0 saturated carbocycles. The molecule has 2 atom stereocenters. The quantitative estimate of drug-likeness (QED) is 0.746. The Kier molecular flexibility index (Phi) is 4.61. The molecule has 0 radical (unpaired) electrons. The van der Waals surface area contributed by atoms with Crippen LogP contribution in [0.3, 0.4) is 0 Å². The SMILES string of the molecule is CCC(Sc1nn(C2CCCO2)c(=O)[nH]c1=O)C(=O)O. The normalized spacial score (nSPS) is 19.9. The van der Waals surface area contributed by atoms with E-state index in [1.807, 2.05) is 0 Å². The van der Waals surface area contributed by atoms with Crippen LogP contribution in [0.4, 0.5) is 0 Å². The maximum Gasteiger partial charge on any atom is 0.347 e. The van der Waals surface area contributed by atoms with Crippen LogP contribution in [0.25, 0.3) is 0 Å². The molecule has 1 aliphatic rings. The number of carboxylic acid groups (broad SMARTS) is 1. The van der Waals surface area contributed by atoms with Gasteiger partial charge in [0.25, 0.3) is 5.56 Å². The number of aliphatic carboxylic acids is 1. The number of thioether (sulfide) groups is 1. The summed E-state index contributed by atoms with van der Waals surface area (Å²) in [6.07, 6.45) is 1.30. The van der Waals surface area contributed by atoms with E-state index < -0.39 is 28.7 Å². The molecule has 20 heavy (non-hydrogen) atoms. The minimum atomic E-state index is -1.02. The number of carbonyl (C=O) groups is 1. The summed E-state index contributed by atoms with van der Waals surface area (Å²) >= 11 is 0.835. The summed E-state index contributed by atoms with van der Waals surface area (Å²) in [5.41, 5.74) is -1.32. The standard InChI is InChI=1S/C11H15N3O5S/c1-2-6(10(16)17)20-9-8(15)12-11(18)14(13-9)7-4-3-5-19-7/h6-7H,2-5H2,1H3,(H,16,17)(H,12,15,18). The molecule has 0 aliphatic carbocycles. The van der Waals surface area contributed by atoms with Gasteiger partial charge in [0.2, 0.25) is 0 Å². The zero-order chi connectivity index (χ0) is 14.7. The highest BCUT2D eigenvalue weighted by Crippen LogP contribution is 2.23. The zero-order valence-corrected chi connectivity index (χ0v) is 11.7. The third-order valence-electron chi connectivity index (χ3n) is 2.90. The largest absolute Gasteiger partial charge is 0.480 e. The maximum absolute atomic E-state index is 11.7. The van der Waals surface area contributed by atoms with Crippen LogP contribution in [0, 0.1) is 0 Å². The monoisotopic (exact) mass is 301 g/mol. The molecule has 1 aromatic rings. The molecule has 110 valence electrons. The number of rotatable bonds is 5. The van der Waals surface area contributed by atoms with Crippen molar-refractivity contribution in [2.75, 3.05) is 6.61 Å². The topological polar surface area (TPSA) is 114 Å². The van der Waals surface area contributed by atoms with Gasteiger partial charge in [0, 0.05) is 6.61 Å². The molecule has 0 spiro atoms. The smallest absolute Gasteiger partial charge is 0.347 e. The van der Waals surface area contributed by atoms with Gasteiger partial charge in [-0.3, -0.25) is 14.6 Å². The number of ether oxygens (including phenoxy) is 1. The van der Waals surface area contributed by atoms with Crippen LogP contribution >= 0.6 is 11.8 Å². The number of hydrogen-bond donors (Lipinski definition) is 2. The molecule has 9 heteroatoms. The highest BCUT2D eigenvalue weighted by Gasteiger charge is 2.24. The van der Waals surface area contributed by atoms with Crippen molar-refractivity contribution in [2.24, 2.45) is 0 Å². The Morgan fingerprint density at radius 1 is 1.65 bits per heavy atom. The van der Waals surface area contributed by atoms with Gasteiger partial charge in [0.15, 0.2) is 11.3 Å². The van der Waals surface area contributed by atoms with E-state index in [0.29, 0.717) is 19.4 Å². The molecule has 1 aliphatic heterocycles. The van der Waals surface area contributed by atoms with Crippen LogP contribution in [0.5, 0.6) is 0 Å². The molecule has 0 amide bonds. The van der Waals surface area contributed by atoms with E-state index in [1.165, 1.54) is 0 Å². The fraction of sp³-hybridized carbons (Fsp3) is 0.636. The van der Waals surface area contributed by atoms with Crippen molar-refractivity contribution in [1.82, 2.24) is 14.8 Å². The first-order chi connectivity index (χ1) is 9.52. The predicted octanol–water partition coefficient (Wildman–Crippen LogP) is 0.196. The average molecular weight is 301 g/mol. The molecule has 2 unspecified atom stereocenters. The predicted molar refractivity (Wildman–Crippen MR) is 70.9 cm³/mol. The lowest BCUT2D eigenvalue weighted by molar-refractivity contribution is -0.136. The summed E-state index contributed by atoms with van der Waals surface area (Å²) in [7, 11) is 0. The molecule has 8 nitrogen and oxygen atoms in total. The highest BCUT2D eigenvalue weighted by atomic mass is 32.2. The number of nitrogens with one attached hydrogen (secondary N) is 1. The van der Waals surface area contributed by atoms with Gasteiger partial charge in [-0.05, 0) is 19.3 Å². The first-order valence-corrected chi connectivity index (χ1v) is 7.15. The van der Waals surface area contributed by atoms with E-state index in [4.69, 9.17) is 9.84 Å². The number of carboxylic acids is 1. The van der Waals surface area contributed by atoms with Gasteiger partial charge in [-0.25, -0.2) is 4.79 Å². The van der Waals surface area contributed by atoms with E-state index in [1.54, 1.807) is 6.92 Å². The minimum Gasteiger partial charge on any atom is -0.480 e. The fourth-order valence-electron chi connectivity index (χ4n) is 1.87. The summed E-state index contributed by atoms with van der Waals surface area (Å²) in [6.45, 7) is 2.24. The molecule has 2 heterocycles. The Morgan fingerprint density at radius 3 is 2.95 bits per heavy atom. The van der Waals surface area contributed by atoms with Crippen LogP contribution in [-0.4, -0.2) is 37.7 Å². The summed E-state index contributed by atoms with van der Waals surface area (Å²) in [6, 6.07) is 0. The molecule has 1 fully saturated rings. The number of aromatic amines is 1. The Morgan fingerprint density at radius 2 is 2.40 bits per heavy atom. The van der Waals surface area contributed by atoms with Crippen LogP contribution < -0.4 is 11.2 Å². The average Bonchev–Trinajstić information content (AvgIpc) is 2.91. The molecule has 2 rings (SSSR count).